The van der Waals surface area contributed by atoms with E-state index in [4.69, 9.17) is 4.74 Å². The van der Waals surface area contributed by atoms with Crippen LogP contribution in [0.15, 0.2) is 42.5 Å². The quantitative estimate of drug-likeness (QED) is 0.789. The van der Waals surface area contributed by atoms with Gasteiger partial charge in [-0.25, -0.2) is 8.78 Å². The molecule has 0 heterocycles. The van der Waals surface area contributed by atoms with E-state index in [1.54, 1.807) is 24.3 Å². The van der Waals surface area contributed by atoms with Gasteiger partial charge in [0.1, 0.15) is 17.4 Å². The molecule has 0 aliphatic carbocycles. The molecule has 0 saturated carbocycles. The number of methoxy groups -OCH3 is 1. The largest absolute Gasteiger partial charge is 0.497 e. The van der Waals surface area contributed by atoms with Crippen molar-refractivity contribution in [2.75, 3.05) is 7.11 Å². The van der Waals surface area contributed by atoms with Crippen molar-refractivity contribution in [2.24, 2.45) is 0 Å². The zero-order valence-electron chi connectivity index (χ0n) is 10.3. The molecule has 98 valence electrons. The summed E-state index contributed by atoms with van der Waals surface area (Å²) in [5.74, 6) is -2.36. The number of hydrogen-bond acceptors (Lipinski definition) is 2. The molecule has 19 heavy (non-hydrogen) atoms. The maximum absolute atomic E-state index is 13.7. The van der Waals surface area contributed by atoms with E-state index in [0.29, 0.717) is 5.56 Å². The highest BCUT2D eigenvalue weighted by Gasteiger charge is 2.19. The predicted octanol–water partition coefficient (Wildman–Crippen LogP) is 3.40. The highest BCUT2D eigenvalue weighted by molar-refractivity contribution is 5.98. The van der Waals surface area contributed by atoms with Gasteiger partial charge in [-0.05, 0) is 5.56 Å². The molecule has 0 aliphatic rings. The summed E-state index contributed by atoms with van der Waals surface area (Å²) < 4.78 is 32.2. The molecule has 0 amide bonds. The van der Waals surface area contributed by atoms with E-state index in [-0.39, 0.29) is 12.2 Å². The number of ether oxygens (including phenoxy) is 1. The van der Waals surface area contributed by atoms with Crippen LogP contribution in [-0.4, -0.2) is 12.9 Å². The molecule has 0 aromatic heterocycles. The second-order valence-corrected chi connectivity index (χ2v) is 4.05. The first-order chi connectivity index (χ1) is 9.11. The van der Waals surface area contributed by atoms with Gasteiger partial charge in [0.15, 0.2) is 5.78 Å². The van der Waals surface area contributed by atoms with Gasteiger partial charge in [-0.1, -0.05) is 30.3 Å². The Balaban J connectivity index is 2.29. The lowest BCUT2D eigenvalue weighted by Gasteiger charge is -2.07. The Morgan fingerprint density at radius 2 is 1.68 bits per heavy atom. The number of hydrogen-bond donors (Lipinski definition) is 0. The van der Waals surface area contributed by atoms with Gasteiger partial charge < -0.3 is 4.74 Å². The van der Waals surface area contributed by atoms with Gasteiger partial charge in [0.2, 0.25) is 0 Å². The molecule has 0 saturated heterocycles. The molecule has 0 bridgehead atoms. The number of ketones is 1. The van der Waals surface area contributed by atoms with E-state index in [1.165, 1.54) is 7.11 Å². The third-order valence-corrected chi connectivity index (χ3v) is 2.74. The Morgan fingerprint density at radius 3 is 2.21 bits per heavy atom. The van der Waals surface area contributed by atoms with Crippen LogP contribution in [-0.2, 0) is 6.42 Å². The fourth-order valence-electron chi connectivity index (χ4n) is 1.80. The molecule has 2 nitrogen and oxygen atoms in total. The zero-order valence-corrected chi connectivity index (χ0v) is 10.3. The molecule has 0 spiro atoms. The number of carbonyl (C=O) groups is 1. The molecule has 0 radical (unpaired) electrons. The van der Waals surface area contributed by atoms with Crippen molar-refractivity contribution in [2.45, 2.75) is 6.42 Å². The summed E-state index contributed by atoms with van der Waals surface area (Å²) in [4.78, 5) is 11.9. The number of halogens is 2. The Hall–Kier alpha value is -2.23. The molecule has 2 aromatic carbocycles. The average molecular weight is 262 g/mol. The Kier molecular flexibility index (Phi) is 3.90. The average Bonchev–Trinajstić information content (AvgIpc) is 2.38. The number of carbonyl (C=O) groups excluding carboxylic acids is 1. The second-order valence-electron chi connectivity index (χ2n) is 4.05. The maximum atomic E-state index is 13.7. The molecular weight excluding hydrogens is 250 g/mol. The van der Waals surface area contributed by atoms with Gasteiger partial charge in [-0.2, -0.15) is 0 Å². The first-order valence-electron chi connectivity index (χ1n) is 5.72. The highest BCUT2D eigenvalue weighted by atomic mass is 19.1. The summed E-state index contributed by atoms with van der Waals surface area (Å²) >= 11 is 0. The van der Waals surface area contributed by atoms with Crippen molar-refractivity contribution in [3.8, 4) is 5.75 Å². The molecule has 2 rings (SSSR count). The van der Waals surface area contributed by atoms with Gasteiger partial charge in [-0.3, -0.25) is 4.79 Å². The predicted molar refractivity (Wildman–Crippen MR) is 67.4 cm³/mol. The lowest BCUT2D eigenvalue weighted by Crippen LogP contribution is -2.09. The Morgan fingerprint density at radius 1 is 1.11 bits per heavy atom. The number of rotatable bonds is 4. The third kappa shape index (κ3) is 2.96. The van der Waals surface area contributed by atoms with Crippen molar-refractivity contribution in [1.29, 1.82) is 0 Å². The summed E-state index contributed by atoms with van der Waals surface area (Å²) in [6.45, 7) is 0. The highest BCUT2D eigenvalue weighted by Crippen LogP contribution is 2.22. The van der Waals surface area contributed by atoms with Crippen LogP contribution in [0, 0.1) is 11.6 Å². The molecule has 4 heteroatoms. The molecule has 0 aliphatic heterocycles. The van der Waals surface area contributed by atoms with Crippen LogP contribution in [0.1, 0.15) is 15.9 Å². The van der Waals surface area contributed by atoms with Crippen molar-refractivity contribution in [3.63, 3.8) is 0 Å². The van der Waals surface area contributed by atoms with Crippen LogP contribution < -0.4 is 4.74 Å². The molecule has 2 aromatic rings. The van der Waals surface area contributed by atoms with E-state index < -0.39 is 23.0 Å². The summed E-state index contributed by atoms with van der Waals surface area (Å²) in [6, 6.07) is 10.8. The van der Waals surface area contributed by atoms with Crippen LogP contribution in [0.4, 0.5) is 8.78 Å². The van der Waals surface area contributed by atoms with Crippen LogP contribution in [0.2, 0.25) is 0 Å². The maximum Gasteiger partial charge on any atom is 0.173 e. The van der Waals surface area contributed by atoms with E-state index in [1.807, 2.05) is 6.07 Å². The number of Topliss-reactive ketones (excluding diaryl/α,β-unsaturated/α-hetero) is 1. The van der Waals surface area contributed by atoms with Gasteiger partial charge in [0, 0.05) is 18.6 Å². The minimum atomic E-state index is -0.905. The van der Waals surface area contributed by atoms with Crippen LogP contribution in [0.25, 0.3) is 0 Å². The number of benzene rings is 2. The molecule has 0 fully saturated rings. The zero-order chi connectivity index (χ0) is 13.8. The monoisotopic (exact) mass is 262 g/mol. The first kappa shape index (κ1) is 13.2. The van der Waals surface area contributed by atoms with E-state index in [2.05, 4.69) is 0 Å². The van der Waals surface area contributed by atoms with Crippen molar-refractivity contribution in [1.82, 2.24) is 0 Å². The fraction of sp³-hybridized carbons (Fsp3) is 0.133. The molecular formula is C15H12F2O2. The lowest BCUT2D eigenvalue weighted by molar-refractivity contribution is 0.0985. The fourth-order valence-corrected chi connectivity index (χ4v) is 1.80. The van der Waals surface area contributed by atoms with Crippen LogP contribution in [0.3, 0.4) is 0 Å². The summed E-state index contributed by atoms with van der Waals surface area (Å²) in [5.41, 5.74) is 0.187. The molecule has 0 atom stereocenters. The summed E-state index contributed by atoms with van der Waals surface area (Å²) in [6.07, 6.45) is -0.0407. The van der Waals surface area contributed by atoms with Crippen molar-refractivity contribution < 1.29 is 18.3 Å². The molecule has 0 unspecified atom stereocenters. The lowest BCUT2D eigenvalue weighted by atomic mass is 10.0. The van der Waals surface area contributed by atoms with E-state index in [9.17, 15) is 13.6 Å². The second kappa shape index (κ2) is 5.61. The van der Waals surface area contributed by atoms with Crippen LogP contribution in [0.5, 0.6) is 5.75 Å². The Labute approximate surface area is 109 Å². The van der Waals surface area contributed by atoms with Gasteiger partial charge in [0.25, 0.3) is 0 Å². The van der Waals surface area contributed by atoms with Crippen molar-refractivity contribution in [3.05, 3.63) is 65.2 Å². The van der Waals surface area contributed by atoms with Gasteiger partial charge >= 0.3 is 0 Å². The van der Waals surface area contributed by atoms with E-state index >= 15 is 0 Å². The third-order valence-electron chi connectivity index (χ3n) is 2.74. The van der Waals surface area contributed by atoms with Gasteiger partial charge in [0.05, 0.1) is 12.7 Å². The molecule has 0 N–H and O–H groups in total. The van der Waals surface area contributed by atoms with E-state index in [0.717, 1.165) is 12.1 Å². The minimum absolute atomic E-state index is 0.0407. The smallest absolute Gasteiger partial charge is 0.173 e. The van der Waals surface area contributed by atoms with Crippen LogP contribution >= 0.6 is 0 Å². The topological polar surface area (TPSA) is 26.3 Å². The van der Waals surface area contributed by atoms with Gasteiger partial charge in [-0.15, -0.1) is 0 Å². The minimum Gasteiger partial charge on any atom is -0.497 e. The SMILES string of the molecule is COc1cc(F)c(C(=O)Cc2ccccc2)c(F)c1. The summed E-state index contributed by atoms with van der Waals surface area (Å²) in [7, 11) is 1.31. The first-order valence-corrected chi connectivity index (χ1v) is 5.72. The van der Waals surface area contributed by atoms with Crippen molar-refractivity contribution >= 4 is 5.78 Å². The summed E-state index contributed by atoms with van der Waals surface area (Å²) in [5, 5.41) is 0. The standard InChI is InChI=1S/C15H12F2O2/c1-19-11-8-12(16)15(13(17)9-11)14(18)7-10-5-3-2-4-6-10/h2-6,8-9H,7H2,1H3. The Bertz CT molecular complexity index is 571. The normalized spacial score (nSPS) is 10.3.